The highest BCUT2D eigenvalue weighted by molar-refractivity contribution is 5.67. The number of aliphatic hydroxyl groups is 1. The molecular weight excluding hydrogens is 314 g/mol. The Balaban J connectivity index is 1.64. The smallest absolute Gasteiger partial charge is 0.407 e. The number of carbonyl (C=O) groups excluding carboxylic acids is 1. The predicted molar refractivity (Wildman–Crippen MR) is 100 cm³/mol. The molecule has 1 aromatic carbocycles. The second-order valence-corrected chi connectivity index (χ2v) is 8.26. The predicted octanol–water partition coefficient (Wildman–Crippen LogP) is 4.31. The molecule has 2 rings (SSSR count). The fraction of sp³-hybridized carbons (Fsp3) is 0.667. The van der Waals surface area contributed by atoms with Crippen LogP contribution in [0.1, 0.15) is 58.4 Å². The van der Waals surface area contributed by atoms with Crippen molar-refractivity contribution in [1.82, 2.24) is 5.32 Å². The van der Waals surface area contributed by atoms with Crippen molar-refractivity contribution >= 4 is 6.09 Å². The van der Waals surface area contributed by atoms with E-state index in [9.17, 15) is 9.90 Å². The SMILES string of the molecule is CC(C)(C)OC(=O)NC[C@H]1CC[C@@H](C(O)CCc2ccccc2)CC1. The summed E-state index contributed by atoms with van der Waals surface area (Å²) in [5.74, 6) is 0.881. The summed E-state index contributed by atoms with van der Waals surface area (Å²) >= 11 is 0. The zero-order valence-corrected chi connectivity index (χ0v) is 15.8. The van der Waals surface area contributed by atoms with E-state index in [-0.39, 0.29) is 12.2 Å². The zero-order chi connectivity index (χ0) is 18.3. The Hall–Kier alpha value is -1.55. The van der Waals surface area contributed by atoms with Crippen LogP contribution in [-0.2, 0) is 11.2 Å². The van der Waals surface area contributed by atoms with Gasteiger partial charge in [-0.1, -0.05) is 30.3 Å². The van der Waals surface area contributed by atoms with Crippen LogP contribution in [0.2, 0.25) is 0 Å². The van der Waals surface area contributed by atoms with Crippen LogP contribution in [0.15, 0.2) is 30.3 Å². The molecule has 2 N–H and O–H groups in total. The number of amides is 1. The van der Waals surface area contributed by atoms with E-state index in [1.54, 1.807) is 0 Å². The first-order valence-corrected chi connectivity index (χ1v) is 9.52. The highest BCUT2D eigenvalue weighted by Crippen LogP contribution is 2.32. The van der Waals surface area contributed by atoms with E-state index < -0.39 is 5.60 Å². The molecule has 1 aromatic rings. The van der Waals surface area contributed by atoms with Gasteiger partial charge < -0.3 is 15.2 Å². The third kappa shape index (κ3) is 7.47. The number of carbonyl (C=O) groups is 1. The number of benzene rings is 1. The van der Waals surface area contributed by atoms with Gasteiger partial charge in [-0.3, -0.25) is 0 Å². The average molecular weight is 347 g/mol. The van der Waals surface area contributed by atoms with Gasteiger partial charge in [-0.05, 0) is 76.7 Å². The van der Waals surface area contributed by atoms with Crippen molar-refractivity contribution < 1.29 is 14.6 Å². The van der Waals surface area contributed by atoms with E-state index >= 15 is 0 Å². The van der Waals surface area contributed by atoms with Crippen molar-refractivity contribution in [2.75, 3.05) is 6.54 Å². The summed E-state index contributed by atoms with van der Waals surface area (Å²) in [5.41, 5.74) is 0.835. The van der Waals surface area contributed by atoms with E-state index in [1.807, 2.05) is 39.0 Å². The van der Waals surface area contributed by atoms with Crippen molar-refractivity contribution in [3.05, 3.63) is 35.9 Å². The summed E-state index contributed by atoms with van der Waals surface area (Å²) in [5, 5.41) is 13.4. The lowest BCUT2D eigenvalue weighted by Gasteiger charge is -2.31. The Morgan fingerprint density at radius 2 is 1.84 bits per heavy atom. The molecule has 4 heteroatoms. The third-order valence-electron chi connectivity index (χ3n) is 4.94. The van der Waals surface area contributed by atoms with Crippen molar-refractivity contribution in [2.45, 2.75) is 71.0 Å². The molecule has 25 heavy (non-hydrogen) atoms. The van der Waals surface area contributed by atoms with Gasteiger partial charge in [0.2, 0.25) is 0 Å². The first-order valence-electron chi connectivity index (χ1n) is 9.52. The molecule has 1 fully saturated rings. The van der Waals surface area contributed by atoms with Crippen LogP contribution in [0.5, 0.6) is 0 Å². The van der Waals surface area contributed by atoms with Gasteiger partial charge in [0.05, 0.1) is 6.10 Å². The molecule has 0 aliphatic heterocycles. The Labute approximate surface area is 152 Å². The largest absolute Gasteiger partial charge is 0.444 e. The molecule has 140 valence electrons. The summed E-state index contributed by atoms with van der Waals surface area (Å²) in [6.07, 6.45) is 5.40. The first-order chi connectivity index (χ1) is 11.8. The Kier molecular flexibility index (Phi) is 7.30. The minimum atomic E-state index is -0.454. The van der Waals surface area contributed by atoms with E-state index in [1.165, 1.54) is 5.56 Å². The molecule has 0 bridgehead atoms. The molecular formula is C21H33NO3. The second kappa shape index (κ2) is 9.23. The Bertz CT molecular complexity index is 516. The fourth-order valence-corrected chi connectivity index (χ4v) is 3.51. The number of nitrogens with one attached hydrogen (secondary N) is 1. The number of alkyl carbamates (subject to hydrolysis) is 1. The Morgan fingerprint density at radius 3 is 2.44 bits per heavy atom. The quantitative estimate of drug-likeness (QED) is 0.806. The second-order valence-electron chi connectivity index (χ2n) is 8.26. The molecule has 4 nitrogen and oxygen atoms in total. The van der Waals surface area contributed by atoms with Crippen molar-refractivity contribution in [2.24, 2.45) is 11.8 Å². The molecule has 0 aromatic heterocycles. The maximum Gasteiger partial charge on any atom is 0.407 e. The van der Waals surface area contributed by atoms with E-state index in [0.717, 1.165) is 38.5 Å². The van der Waals surface area contributed by atoms with Crippen molar-refractivity contribution in [3.8, 4) is 0 Å². The van der Waals surface area contributed by atoms with Gasteiger partial charge in [0.25, 0.3) is 0 Å². The number of rotatable bonds is 6. The van der Waals surface area contributed by atoms with Gasteiger partial charge in [-0.25, -0.2) is 4.79 Å². The molecule has 1 aliphatic rings. The first kappa shape index (κ1) is 19.8. The minimum absolute atomic E-state index is 0.222. The highest BCUT2D eigenvalue weighted by atomic mass is 16.6. The monoisotopic (exact) mass is 347 g/mol. The molecule has 0 spiro atoms. The summed E-state index contributed by atoms with van der Waals surface area (Å²) in [6.45, 7) is 6.28. The number of ether oxygens (including phenoxy) is 1. The topological polar surface area (TPSA) is 58.6 Å². The standard InChI is InChI=1S/C21H33NO3/c1-21(2,3)25-20(24)22-15-17-9-12-18(13-10-17)19(23)14-11-16-7-5-4-6-8-16/h4-8,17-19,23H,9-15H2,1-3H3,(H,22,24)/t17-,18+,19?. The summed E-state index contributed by atoms with van der Waals surface area (Å²) in [4.78, 5) is 11.7. The fourth-order valence-electron chi connectivity index (χ4n) is 3.51. The maximum atomic E-state index is 11.7. The highest BCUT2D eigenvalue weighted by Gasteiger charge is 2.27. The molecule has 1 unspecified atom stereocenters. The number of hydrogen-bond donors (Lipinski definition) is 2. The van der Waals surface area contributed by atoms with Gasteiger partial charge >= 0.3 is 6.09 Å². The maximum absolute atomic E-state index is 11.7. The van der Waals surface area contributed by atoms with Crippen molar-refractivity contribution in [1.29, 1.82) is 0 Å². The molecule has 1 amide bonds. The van der Waals surface area contributed by atoms with Crippen LogP contribution in [0.3, 0.4) is 0 Å². The van der Waals surface area contributed by atoms with E-state index in [2.05, 4.69) is 17.4 Å². The molecule has 0 saturated heterocycles. The van der Waals surface area contributed by atoms with Crippen LogP contribution in [0, 0.1) is 11.8 Å². The normalized spacial score (nSPS) is 22.2. The van der Waals surface area contributed by atoms with Gasteiger partial charge in [-0.2, -0.15) is 0 Å². The molecule has 1 saturated carbocycles. The van der Waals surface area contributed by atoms with Gasteiger partial charge in [0, 0.05) is 6.54 Å². The Morgan fingerprint density at radius 1 is 1.20 bits per heavy atom. The van der Waals surface area contributed by atoms with Gasteiger partial charge in [0.15, 0.2) is 0 Å². The molecule has 1 atom stereocenters. The third-order valence-corrected chi connectivity index (χ3v) is 4.94. The lowest BCUT2D eigenvalue weighted by Crippen LogP contribution is -2.37. The minimum Gasteiger partial charge on any atom is -0.444 e. The van der Waals surface area contributed by atoms with E-state index in [4.69, 9.17) is 4.74 Å². The van der Waals surface area contributed by atoms with Crippen LogP contribution in [-0.4, -0.2) is 29.4 Å². The molecule has 1 aliphatic carbocycles. The zero-order valence-electron chi connectivity index (χ0n) is 15.8. The lowest BCUT2D eigenvalue weighted by atomic mass is 9.78. The lowest BCUT2D eigenvalue weighted by molar-refractivity contribution is 0.0483. The summed E-state index contributed by atoms with van der Waals surface area (Å²) < 4.78 is 5.27. The number of hydrogen-bond acceptors (Lipinski definition) is 3. The summed E-state index contributed by atoms with van der Waals surface area (Å²) in [6, 6.07) is 10.3. The average Bonchev–Trinajstić information content (AvgIpc) is 2.58. The van der Waals surface area contributed by atoms with E-state index in [0.29, 0.717) is 18.4 Å². The molecule has 0 radical (unpaired) electrons. The molecule has 0 heterocycles. The van der Waals surface area contributed by atoms with Crippen molar-refractivity contribution in [3.63, 3.8) is 0 Å². The van der Waals surface area contributed by atoms with Gasteiger partial charge in [-0.15, -0.1) is 0 Å². The summed E-state index contributed by atoms with van der Waals surface area (Å²) in [7, 11) is 0. The van der Waals surface area contributed by atoms with Crippen LogP contribution in [0.25, 0.3) is 0 Å². The van der Waals surface area contributed by atoms with Crippen LogP contribution < -0.4 is 5.32 Å². The van der Waals surface area contributed by atoms with Crippen LogP contribution in [0.4, 0.5) is 4.79 Å². The number of aliphatic hydroxyl groups excluding tert-OH is 1. The van der Waals surface area contributed by atoms with Crippen LogP contribution >= 0.6 is 0 Å². The van der Waals surface area contributed by atoms with Gasteiger partial charge in [0.1, 0.15) is 5.60 Å². The number of aryl methyl sites for hydroxylation is 1.